The van der Waals surface area contributed by atoms with Crippen LogP contribution < -0.4 is 5.32 Å². The Morgan fingerprint density at radius 1 is 1.33 bits per heavy atom. The number of carbonyl (C=O) groups excluding carboxylic acids is 1. The van der Waals surface area contributed by atoms with Crippen LogP contribution in [-0.4, -0.2) is 50.6 Å². The van der Waals surface area contributed by atoms with Gasteiger partial charge in [0.2, 0.25) is 5.91 Å². The van der Waals surface area contributed by atoms with E-state index in [9.17, 15) is 4.79 Å². The molecule has 0 saturated heterocycles. The molecule has 0 unspecified atom stereocenters. The van der Waals surface area contributed by atoms with Crippen LogP contribution in [0.2, 0.25) is 0 Å². The Bertz CT molecular complexity index is 227. The van der Waals surface area contributed by atoms with Crippen LogP contribution in [-0.2, 0) is 14.3 Å². The molecule has 1 amide bonds. The van der Waals surface area contributed by atoms with Gasteiger partial charge in [0.1, 0.15) is 6.61 Å². The number of rotatable bonds is 8. The first-order valence-electron chi connectivity index (χ1n) is 6.74. The first-order valence-corrected chi connectivity index (χ1v) is 6.74. The van der Waals surface area contributed by atoms with Crippen LogP contribution in [0.3, 0.4) is 0 Å². The topological polar surface area (TPSA) is 67.8 Å². The number of hydrogen-bond acceptors (Lipinski definition) is 4. The molecule has 1 aliphatic carbocycles. The van der Waals surface area contributed by atoms with Crippen LogP contribution in [0.15, 0.2) is 0 Å². The van der Waals surface area contributed by atoms with E-state index in [1.165, 1.54) is 0 Å². The molecule has 5 heteroatoms. The molecule has 0 aliphatic heterocycles. The Kier molecular flexibility index (Phi) is 7.96. The zero-order valence-corrected chi connectivity index (χ0v) is 11.2. The Labute approximate surface area is 109 Å². The number of aliphatic hydroxyl groups is 1. The first kappa shape index (κ1) is 15.4. The summed E-state index contributed by atoms with van der Waals surface area (Å²) in [4.78, 5) is 11.5. The van der Waals surface area contributed by atoms with Gasteiger partial charge in [-0.15, -0.1) is 0 Å². The molecule has 0 heterocycles. The number of hydrogen-bond donors (Lipinski definition) is 2. The minimum Gasteiger partial charge on any atom is -0.396 e. The summed E-state index contributed by atoms with van der Waals surface area (Å²) in [5.74, 6) is 0.364. The number of nitrogens with one attached hydrogen (secondary N) is 1. The van der Waals surface area contributed by atoms with Gasteiger partial charge in [-0.05, 0) is 38.0 Å². The second-order valence-electron chi connectivity index (χ2n) is 4.83. The highest BCUT2D eigenvalue weighted by Crippen LogP contribution is 2.25. The van der Waals surface area contributed by atoms with E-state index in [-0.39, 0.29) is 25.2 Å². The zero-order chi connectivity index (χ0) is 13.2. The van der Waals surface area contributed by atoms with Gasteiger partial charge in [0, 0.05) is 26.9 Å². The van der Waals surface area contributed by atoms with Crippen molar-refractivity contribution in [3.05, 3.63) is 0 Å². The maximum atomic E-state index is 11.5. The van der Waals surface area contributed by atoms with Crippen LogP contribution in [0, 0.1) is 5.92 Å². The molecule has 0 aromatic rings. The van der Waals surface area contributed by atoms with E-state index in [1.807, 2.05) is 0 Å². The van der Waals surface area contributed by atoms with Crippen LogP contribution in [0.25, 0.3) is 0 Å². The molecule has 106 valence electrons. The van der Waals surface area contributed by atoms with Crippen molar-refractivity contribution in [3.63, 3.8) is 0 Å². The lowest BCUT2D eigenvalue weighted by molar-refractivity contribution is -0.128. The Hall–Kier alpha value is -0.650. The van der Waals surface area contributed by atoms with Crippen LogP contribution >= 0.6 is 0 Å². The predicted octanol–water partition coefficient (Wildman–Crippen LogP) is 0.707. The molecule has 1 saturated carbocycles. The van der Waals surface area contributed by atoms with E-state index in [4.69, 9.17) is 14.6 Å². The highest BCUT2D eigenvalue weighted by Gasteiger charge is 2.21. The van der Waals surface area contributed by atoms with Crippen molar-refractivity contribution in [3.8, 4) is 0 Å². The van der Waals surface area contributed by atoms with Gasteiger partial charge in [0.15, 0.2) is 0 Å². The van der Waals surface area contributed by atoms with Gasteiger partial charge in [-0.1, -0.05) is 0 Å². The molecule has 0 radical (unpaired) electrons. The number of amides is 1. The predicted molar refractivity (Wildman–Crippen MR) is 68.3 cm³/mol. The molecule has 1 aliphatic rings. The second kappa shape index (κ2) is 9.30. The SMILES string of the molecule is COCCCNC(=O)COC1CCC(CO)CC1. The minimum absolute atomic E-state index is 0.0598. The van der Waals surface area contributed by atoms with Gasteiger partial charge in [0.25, 0.3) is 0 Å². The fourth-order valence-electron chi connectivity index (χ4n) is 2.17. The van der Waals surface area contributed by atoms with E-state index in [0.717, 1.165) is 32.1 Å². The lowest BCUT2D eigenvalue weighted by atomic mass is 9.88. The Balaban J connectivity index is 2.01. The zero-order valence-electron chi connectivity index (χ0n) is 11.2. The van der Waals surface area contributed by atoms with Crippen LogP contribution in [0.4, 0.5) is 0 Å². The van der Waals surface area contributed by atoms with Crippen molar-refractivity contribution < 1.29 is 19.4 Å². The molecule has 2 N–H and O–H groups in total. The summed E-state index contributed by atoms with van der Waals surface area (Å²) in [5.41, 5.74) is 0. The molecule has 1 fully saturated rings. The smallest absolute Gasteiger partial charge is 0.246 e. The average Bonchev–Trinajstić information content (AvgIpc) is 2.42. The van der Waals surface area contributed by atoms with Gasteiger partial charge in [-0.3, -0.25) is 4.79 Å². The number of carbonyl (C=O) groups is 1. The largest absolute Gasteiger partial charge is 0.396 e. The lowest BCUT2D eigenvalue weighted by Crippen LogP contribution is -2.32. The maximum absolute atomic E-state index is 11.5. The first-order chi connectivity index (χ1) is 8.76. The molecule has 5 nitrogen and oxygen atoms in total. The third kappa shape index (κ3) is 6.33. The molecule has 1 rings (SSSR count). The number of ether oxygens (including phenoxy) is 2. The van der Waals surface area contributed by atoms with Crippen LogP contribution in [0.1, 0.15) is 32.1 Å². The van der Waals surface area contributed by atoms with Crippen LogP contribution in [0.5, 0.6) is 0 Å². The number of methoxy groups -OCH3 is 1. The standard InChI is InChI=1S/C13H25NO4/c1-17-8-2-7-14-13(16)10-18-12-5-3-11(9-15)4-6-12/h11-12,15H,2-10H2,1H3,(H,14,16). The highest BCUT2D eigenvalue weighted by molar-refractivity contribution is 5.77. The second-order valence-corrected chi connectivity index (χ2v) is 4.83. The molecule has 0 aromatic carbocycles. The highest BCUT2D eigenvalue weighted by atomic mass is 16.5. The summed E-state index contributed by atoms with van der Waals surface area (Å²) < 4.78 is 10.5. The van der Waals surface area contributed by atoms with E-state index in [0.29, 0.717) is 19.1 Å². The summed E-state index contributed by atoms with van der Waals surface area (Å²) in [7, 11) is 1.65. The monoisotopic (exact) mass is 259 g/mol. The summed E-state index contributed by atoms with van der Waals surface area (Å²) >= 11 is 0. The van der Waals surface area contributed by atoms with Crippen molar-refractivity contribution in [2.45, 2.75) is 38.2 Å². The van der Waals surface area contributed by atoms with Gasteiger partial charge < -0.3 is 19.9 Å². The van der Waals surface area contributed by atoms with E-state index in [1.54, 1.807) is 7.11 Å². The third-order valence-corrected chi connectivity index (χ3v) is 3.35. The average molecular weight is 259 g/mol. The Morgan fingerprint density at radius 2 is 2.06 bits per heavy atom. The fourth-order valence-corrected chi connectivity index (χ4v) is 2.17. The van der Waals surface area contributed by atoms with E-state index >= 15 is 0 Å². The van der Waals surface area contributed by atoms with Gasteiger partial charge >= 0.3 is 0 Å². The Morgan fingerprint density at radius 3 is 2.67 bits per heavy atom. The quantitative estimate of drug-likeness (QED) is 0.630. The molecule has 0 aromatic heterocycles. The lowest BCUT2D eigenvalue weighted by Gasteiger charge is -2.27. The maximum Gasteiger partial charge on any atom is 0.246 e. The number of aliphatic hydroxyl groups excluding tert-OH is 1. The van der Waals surface area contributed by atoms with Gasteiger partial charge in [-0.2, -0.15) is 0 Å². The van der Waals surface area contributed by atoms with Crippen molar-refractivity contribution in [2.75, 3.05) is 33.5 Å². The van der Waals surface area contributed by atoms with Crippen molar-refractivity contribution >= 4 is 5.91 Å². The van der Waals surface area contributed by atoms with Crippen molar-refractivity contribution in [2.24, 2.45) is 5.92 Å². The third-order valence-electron chi connectivity index (χ3n) is 3.35. The molecule has 0 bridgehead atoms. The molecule has 18 heavy (non-hydrogen) atoms. The molecular formula is C13H25NO4. The van der Waals surface area contributed by atoms with Crippen molar-refractivity contribution in [1.82, 2.24) is 5.32 Å². The summed E-state index contributed by atoms with van der Waals surface area (Å²) in [6.45, 7) is 1.70. The normalized spacial score (nSPS) is 23.9. The van der Waals surface area contributed by atoms with Gasteiger partial charge in [-0.25, -0.2) is 0 Å². The molecule has 0 spiro atoms. The summed E-state index contributed by atoms with van der Waals surface area (Å²) in [6.07, 6.45) is 4.89. The van der Waals surface area contributed by atoms with E-state index in [2.05, 4.69) is 5.32 Å². The molecule has 0 atom stereocenters. The van der Waals surface area contributed by atoms with Gasteiger partial charge in [0.05, 0.1) is 6.10 Å². The molecular weight excluding hydrogens is 234 g/mol. The minimum atomic E-state index is -0.0598. The summed E-state index contributed by atoms with van der Waals surface area (Å²) in [6, 6.07) is 0. The van der Waals surface area contributed by atoms with Crippen molar-refractivity contribution in [1.29, 1.82) is 0 Å². The fraction of sp³-hybridized carbons (Fsp3) is 0.923. The summed E-state index contributed by atoms with van der Waals surface area (Å²) in [5, 5.41) is 11.8. The van der Waals surface area contributed by atoms with E-state index < -0.39 is 0 Å².